The van der Waals surface area contributed by atoms with Gasteiger partial charge in [0.25, 0.3) is 0 Å². The van der Waals surface area contributed by atoms with Crippen LogP contribution in [0.2, 0.25) is 0 Å². The third-order valence-electron chi connectivity index (χ3n) is 3.57. The molecule has 1 atom stereocenters. The molecule has 0 aliphatic carbocycles. The number of unbranched alkanes of at least 4 members (excludes halogenated alkanes) is 2. The van der Waals surface area contributed by atoms with Gasteiger partial charge in [0.2, 0.25) is 5.91 Å². The number of hydrogen-bond donors (Lipinski definition) is 0. The molecule has 0 aromatic heterocycles. The molecule has 0 aliphatic rings. The molecule has 3 nitrogen and oxygen atoms in total. The van der Waals surface area contributed by atoms with Crippen molar-refractivity contribution < 1.29 is 22.7 Å². The van der Waals surface area contributed by atoms with Gasteiger partial charge in [0.05, 0.1) is 0 Å². The number of rotatable bonds is 8. The number of ether oxygens (including phenoxy) is 1. The molecule has 130 valence electrons. The summed E-state index contributed by atoms with van der Waals surface area (Å²) in [5.41, 5.74) is 0.433. The molecule has 0 N–H and O–H groups in total. The minimum absolute atomic E-state index is 0.0739. The van der Waals surface area contributed by atoms with Crippen LogP contribution < -0.4 is 9.64 Å². The molecule has 1 unspecified atom stereocenters. The van der Waals surface area contributed by atoms with E-state index in [2.05, 4.69) is 11.7 Å². The van der Waals surface area contributed by atoms with E-state index >= 15 is 0 Å². The van der Waals surface area contributed by atoms with Gasteiger partial charge in [-0.15, -0.1) is 13.2 Å². The van der Waals surface area contributed by atoms with Gasteiger partial charge in [0, 0.05) is 24.2 Å². The highest BCUT2D eigenvalue weighted by atomic mass is 19.4. The standard InChI is InChI=1S/C17H24F3NO2/c1-4-6-7-9-13(3)21(16(22)5-2)14-10-8-11-15(12-14)23-17(18,19)20/h8,10-13H,4-7,9H2,1-3H3. The third-order valence-corrected chi connectivity index (χ3v) is 3.57. The van der Waals surface area contributed by atoms with Crippen LogP contribution >= 0.6 is 0 Å². The summed E-state index contributed by atoms with van der Waals surface area (Å²) in [5.74, 6) is -0.428. The van der Waals surface area contributed by atoms with Crippen LogP contribution in [0.1, 0.15) is 52.9 Å². The number of amides is 1. The Morgan fingerprint density at radius 2 is 1.96 bits per heavy atom. The lowest BCUT2D eigenvalue weighted by Crippen LogP contribution is -2.38. The Hall–Kier alpha value is -1.72. The zero-order valence-corrected chi connectivity index (χ0v) is 13.8. The Labute approximate surface area is 135 Å². The molecule has 1 amide bonds. The van der Waals surface area contributed by atoms with Gasteiger partial charge in [0.1, 0.15) is 5.75 Å². The molecule has 0 radical (unpaired) electrons. The van der Waals surface area contributed by atoms with Crippen molar-refractivity contribution >= 4 is 11.6 Å². The van der Waals surface area contributed by atoms with Crippen LogP contribution in [-0.2, 0) is 4.79 Å². The van der Waals surface area contributed by atoms with E-state index in [1.165, 1.54) is 18.2 Å². The lowest BCUT2D eigenvalue weighted by atomic mass is 10.1. The van der Waals surface area contributed by atoms with Crippen molar-refractivity contribution in [2.75, 3.05) is 4.90 Å². The molecule has 0 spiro atoms. The van der Waals surface area contributed by atoms with E-state index in [-0.39, 0.29) is 17.7 Å². The smallest absolute Gasteiger partial charge is 0.406 e. The molecule has 0 heterocycles. The fraction of sp³-hybridized carbons (Fsp3) is 0.588. The van der Waals surface area contributed by atoms with Crippen LogP contribution in [0.25, 0.3) is 0 Å². The summed E-state index contributed by atoms with van der Waals surface area (Å²) in [6.07, 6.45) is -0.527. The van der Waals surface area contributed by atoms with E-state index in [1.807, 2.05) is 6.92 Å². The van der Waals surface area contributed by atoms with E-state index < -0.39 is 6.36 Å². The summed E-state index contributed by atoms with van der Waals surface area (Å²) in [6, 6.07) is 5.51. The molecule has 0 aliphatic heterocycles. The number of anilines is 1. The van der Waals surface area contributed by atoms with Gasteiger partial charge in [-0.2, -0.15) is 0 Å². The number of hydrogen-bond acceptors (Lipinski definition) is 2. The minimum atomic E-state index is -4.75. The topological polar surface area (TPSA) is 29.5 Å². The highest BCUT2D eigenvalue weighted by Crippen LogP contribution is 2.29. The highest BCUT2D eigenvalue weighted by Gasteiger charge is 2.31. The number of carbonyl (C=O) groups excluding carboxylic acids is 1. The number of nitrogens with zero attached hydrogens (tertiary/aromatic N) is 1. The zero-order valence-electron chi connectivity index (χ0n) is 13.8. The summed E-state index contributed by atoms with van der Waals surface area (Å²) in [7, 11) is 0. The largest absolute Gasteiger partial charge is 0.573 e. The SMILES string of the molecule is CCCCCC(C)N(C(=O)CC)c1cccc(OC(F)(F)F)c1. The minimum Gasteiger partial charge on any atom is -0.406 e. The molecule has 1 aromatic carbocycles. The van der Waals surface area contributed by atoms with Gasteiger partial charge >= 0.3 is 6.36 Å². The maximum atomic E-state index is 12.4. The number of carbonyl (C=O) groups is 1. The second kappa shape index (κ2) is 8.79. The lowest BCUT2D eigenvalue weighted by Gasteiger charge is -2.29. The Kier molecular flexibility index (Phi) is 7.39. The monoisotopic (exact) mass is 331 g/mol. The van der Waals surface area contributed by atoms with E-state index in [4.69, 9.17) is 0 Å². The highest BCUT2D eigenvalue weighted by molar-refractivity contribution is 5.93. The second-order valence-corrected chi connectivity index (χ2v) is 5.51. The van der Waals surface area contributed by atoms with Crippen molar-refractivity contribution in [1.82, 2.24) is 0 Å². The molecule has 23 heavy (non-hydrogen) atoms. The van der Waals surface area contributed by atoms with E-state index in [9.17, 15) is 18.0 Å². The van der Waals surface area contributed by atoms with Crippen LogP contribution in [0, 0.1) is 0 Å². The maximum absolute atomic E-state index is 12.4. The average Bonchev–Trinajstić information content (AvgIpc) is 2.46. The predicted molar refractivity (Wildman–Crippen MR) is 84.5 cm³/mol. The normalized spacial score (nSPS) is 12.8. The fourth-order valence-corrected chi connectivity index (χ4v) is 2.46. The molecular weight excluding hydrogens is 307 g/mol. The molecule has 1 aromatic rings. The summed E-state index contributed by atoms with van der Waals surface area (Å²) in [6.45, 7) is 5.75. The first-order chi connectivity index (χ1) is 10.8. The van der Waals surface area contributed by atoms with Gasteiger partial charge in [-0.3, -0.25) is 4.79 Å². The van der Waals surface area contributed by atoms with Crippen molar-refractivity contribution in [3.63, 3.8) is 0 Å². The number of benzene rings is 1. The summed E-state index contributed by atoms with van der Waals surface area (Å²) >= 11 is 0. The Balaban J connectivity index is 2.98. The van der Waals surface area contributed by atoms with Crippen molar-refractivity contribution in [3.8, 4) is 5.75 Å². The molecule has 0 saturated carbocycles. The number of alkyl halides is 3. The van der Waals surface area contributed by atoms with E-state index in [1.54, 1.807) is 17.9 Å². The third kappa shape index (κ3) is 6.50. The Bertz CT molecular complexity index is 503. The maximum Gasteiger partial charge on any atom is 0.573 e. The van der Waals surface area contributed by atoms with E-state index in [0.717, 1.165) is 25.7 Å². The van der Waals surface area contributed by atoms with Gasteiger partial charge in [-0.1, -0.05) is 39.2 Å². The Morgan fingerprint density at radius 3 is 2.52 bits per heavy atom. The van der Waals surface area contributed by atoms with E-state index in [0.29, 0.717) is 12.1 Å². The van der Waals surface area contributed by atoms with Gasteiger partial charge in [-0.25, -0.2) is 0 Å². The summed E-state index contributed by atoms with van der Waals surface area (Å²) in [5, 5.41) is 0. The second-order valence-electron chi connectivity index (χ2n) is 5.51. The lowest BCUT2D eigenvalue weighted by molar-refractivity contribution is -0.274. The van der Waals surface area contributed by atoms with Crippen molar-refractivity contribution in [2.45, 2.75) is 65.3 Å². The zero-order chi connectivity index (χ0) is 17.5. The number of halogens is 3. The first-order valence-electron chi connectivity index (χ1n) is 7.96. The van der Waals surface area contributed by atoms with Crippen molar-refractivity contribution in [2.24, 2.45) is 0 Å². The fourth-order valence-electron chi connectivity index (χ4n) is 2.46. The average molecular weight is 331 g/mol. The van der Waals surface area contributed by atoms with Gasteiger partial charge < -0.3 is 9.64 Å². The van der Waals surface area contributed by atoms with Crippen LogP contribution in [-0.4, -0.2) is 18.3 Å². The van der Waals surface area contributed by atoms with Crippen LogP contribution in [0.5, 0.6) is 5.75 Å². The summed E-state index contributed by atoms with van der Waals surface area (Å²) < 4.78 is 41.0. The quantitative estimate of drug-likeness (QED) is 0.605. The molecule has 1 rings (SSSR count). The van der Waals surface area contributed by atoms with Crippen molar-refractivity contribution in [3.05, 3.63) is 24.3 Å². The molecule has 0 fully saturated rings. The molecular formula is C17H24F3NO2. The van der Waals surface area contributed by atoms with Crippen molar-refractivity contribution in [1.29, 1.82) is 0 Å². The Morgan fingerprint density at radius 1 is 1.26 bits per heavy atom. The molecule has 0 bridgehead atoms. The van der Waals surface area contributed by atoms with Crippen LogP contribution in [0.3, 0.4) is 0 Å². The van der Waals surface area contributed by atoms with Crippen LogP contribution in [0.4, 0.5) is 18.9 Å². The molecule has 0 saturated heterocycles. The molecule has 6 heteroatoms. The summed E-state index contributed by atoms with van der Waals surface area (Å²) in [4.78, 5) is 13.8. The van der Waals surface area contributed by atoms with Gasteiger partial charge in [-0.05, 0) is 25.5 Å². The first kappa shape index (κ1) is 19.3. The van der Waals surface area contributed by atoms with Crippen LogP contribution in [0.15, 0.2) is 24.3 Å². The predicted octanol–water partition coefficient (Wildman–Crippen LogP) is 5.30. The first-order valence-corrected chi connectivity index (χ1v) is 7.96. The van der Waals surface area contributed by atoms with Gasteiger partial charge in [0.15, 0.2) is 0 Å².